The molecule has 1 aliphatic carbocycles. The zero-order chi connectivity index (χ0) is 16.8. The summed E-state index contributed by atoms with van der Waals surface area (Å²) in [5.41, 5.74) is 1.23. The molecule has 5 nitrogen and oxygen atoms in total. The highest BCUT2D eigenvalue weighted by Crippen LogP contribution is 2.24. The number of carbonyl (C=O) groups is 2. The molecule has 0 radical (unpaired) electrons. The first-order valence-corrected chi connectivity index (χ1v) is 8.20. The highest BCUT2D eigenvalue weighted by atomic mass is 16.5. The van der Waals surface area contributed by atoms with E-state index in [0.717, 1.165) is 0 Å². The van der Waals surface area contributed by atoms with Gasteiger partial charge in [-0.25, -0.2) is 0 Å². The Morgan fingerprint density at radius 3 is 2.30 bits per heavy atom. The van der Waals surface area contributed by atoms with Crippen molar-refractivity contribution in [1.29, 1.82) is 0 Å². The van der Waals surface area contributed by atoms with Crippen LogP contribution in [0.2, 0.25) is 0 Å². The summed E-state index contributed by atoms with van der Waals surface area (Å²) < 4.78 is 5.50. The standard InChI is InChI=1S/C18H25NO4/c1-12(2)13-5-9-16(10-6-13)23-11-17(20)19-15-7-3-14(4-8-15)18(21)22/h5-6,9-10,12,14-15H,3-4,7-8,11H2,1-2H3,(H,19,20)(H,21,22). The first kappa shape index (κ1) is 17.3. The molecule has 126 valence electrons. The molecule has 2 rings (SSSR count). The second-order valence-electron chi connectivity index (χ2n) is 6.47. The van der Waals surface area contributed by atoms with Crippen LogP contribution in [0.15, 0.2) is 24.3 Å². The SMILES string of the molecule is CC(C)c1ccc(OCC(=O)NC2CCC(C(=O)O)CC2)cc1. The normalized spacial score (nSPS) is 21.0. The van der Waals surface area contributed by atoms with Crippen LogP contribution in [-0.4, -0.2) is 29.6 Å². The van der Waals surface area contributed by atoms with Crippen molar-refractivity contribution in [3.63, 3.8) is 0 Å². The Labute approximate surface area is 137 Å². The number of hydrogen-bond acceptors (Lipinski definition) is 3. The number of ether oxygens (including phenoxy) is 1. The molecule has 0 atom stereocenters. The van der Waals surface area contributed by atoms with Gasteiger partial charge in [0.2, 0.25) is 0 Å². The van der Waals surface area contributed by atoms with Crippen molar-refractivity contribution < 1.29 is 19.4 Å². The molecule has 0 aliphatic heterocycles. The van der Waals surface area contributed by atoms with Crippen molar-refractivity contribution in [3.8, 4) is 5.75 Å². The van der Waals surface area contributed by atoms with Crippen molar-refractivity contribution in [1.82, 2.24) is 5.32 Å². The first-order valence-electron chi connectivity index (χ1n) is 8.20. The number of carbonyl (C=O) groups excluding carboxylic acids is 1. The van der Waals surface area contributed by atoms with Crippen LogP contribution < -0.4 is 10.1 Å². The van der Waals surface area contributed by atoms with Gasteiger partial charge in [0.25, 0.3) is 5.91 Å². The van der Waals surface area contributed by atoms with E-state index in [1.165, 1.54) is 5.56 Å². The maximum Gasteiger partial charge on any atom is 0.306 e. The predicted octanol–water partition coefficient (Wildman–Crippen LogP) is 2.95. The Hall–Kier alpha value is -2.04. The van der Waals surface area contributed by atoms with E-state index in [9.17, 15) is 9.59 Å². The first-order chi connectivity index (χ1) is 11.0. The van der Waals surface area contributed by atoms with Crippen LogP contribution in [0.1, 0.15) is 51.0 Å². The van der Waals surface area contributed by atoms with E-state index in [0.29, 0.717) is 37.4 Å². The fraction of sp³-hybridized carbons (Fsp3) is 0.556. The van der Waals surface area contributed by atoms with E-state index in [-0.39, 0.29) is 24.5 Å². The van der Waals surface area contributed by atoms with Gasteiger partial charge in [-0.2, -0.15) is 0 Å². The average molecular weight is 319 g/mol. The van der Waals surface area contributed by atoms with Crippen molar-refractivity contribution in [2.45, 2.75) is 51.5 Å². The smallest absolute Gasteiger partial charge is 0.306 e. The molecule has 1 fully saturated rings. The van der Waals surface area contributed by atoms with E-state index in [2.05, 4.69) is 19.2 Å². The third-order valence-electron chi connectivity index (χ3n) is 4.36. The van der Waals surface area contributed by atoms with Crippen molar-refractivity contribution in [2.75, 3.05) is 6.61 Å². The quantitative estimate of drug-likeness (QED) is 0.845. The molecule has 5 heteroatoms. The minimum absolute atomic E-state index is 0.0140. The highest BCUT2D eigenvalue weighted by Gasteiger charge is 2.26. The Bertz CT molecular complexity index is 530. The molecular formula is C18H25NO4. The maximum atomic E-state index is 11.9. The molecule has 0 heterocycles. The lowest BCUT2D eigenvalue weighted by Gasteiger charge is -2.26. The van der Waals surface area contributed by atoms with Gasteiger partial charge in [-0.1, -0.05) is 26.0 Å². The molecule has 1 amide bonds. The van der Waals surface area contributed by atoms with Crippen molar-refractivity contribution >= 4 is 11.9 Å². The molecule has 0 saturated heterocycles. The van der Waals surface area contributed by atoms with E-state index in [4.69, 9.17) is 9.84 Å². The van der Waals surface area contributed by atoms with Gasteiger partial charge in [0, 0.05) is 6.04 Å². The minimum Gasteiger partial charge on any atom is -0.484 e. The number of amides is 1. The summed E-state index contributed by atoms with van der Waals surface area (Å²) in [5, 5.41) is 11.9. The zero-order valence-corrected chi connectivity index (χ0v) is 13.7. The number of rotatable bonds is 6. The summed E-state index contributed by atoms with van der Waals surface area (Å²) >= 11 is 0. The molecule has 1 aromatic carbocycles. The van der Waals surface area contributed by atoms with Crippen LogP contribution in [0.4, 0.5) is 0 Å². The summed E-state index contributed by atoms with van der Waals surface area (Å²) in [5.74, 6) is -0.00838. The largest absolute Gasteiger partial charge is 0.484 e. The lowest BCUT2D eigenvalue weighted by atomic mass is 9.86. The number of aliphatic carboxylic acids is 1. The zero-order valence-electron chi connectivity index (χ0n) is 13.7. The number of benzene rings is 1. The van der Waals surface area contributed by atoms with Crippen LogP contribution in [0.3, 0.4) is 0 Å². The second-order valence-corrected chi connectivity index (χ2v) is 6.47. The fourth-order valence-electron chi connectivity index (χ4n) is 2.85. The molecule has 0 unspecified atom stereocenters. The summed E-state index contributed by atoms with van der Waals surface area (Å²) in [4.78, 5) is 22.8. The van der Waals surface area contributed by atoms with Gasteiger partial charge >= 0.3 is 5.97 Å². The van der Waals surface area contributed by atoms with Crippen molar-refractivity contribution in [3.05, 3.63) is 29.8 Å². The number of nitrogens with one attached hydrogen (secondary N) is 1. The van der Waals surface area contributed by atoms with Gasteiger partial charge in [0.1, 0.15) is 5.75 Å². The molecule has 1 aliphatic rings. The van der Waals surface area contributed by atoms with Gasteiger partial charge < -0.3 is 15.2 Å². The second kappa shape index (κ2) is 7.99. The van der Waals surface area contributed by atoms with E-state index in [1.54, 1.807) is 0 Å². The number of hydrogen-bond donors (Lipinski definition) is 2. The molecule has 0 spiro atoms. The van der Waals surface area contributed by atoms with Gasteiger partial charge in [0.05, 0.1) is 5.92 Å². The summed E-state index contributed by atoms with van der Waals surface area (Å²) in [6.45, 7) is 4.24. The van der Waals surface area contributed by atoms with Crippen LogP contribution in [0.5, 0.6) is 5.75 Å². The lowest BCUT2D eigenvalue weighted by molar-refractivity contribution is -0.142. The summed E-state index contributed by atoms with van der Waals surface area (Å²) in [6, 6.07) is 7.82. The van der Waals surface area contributed by atoms with Gasteiger partial charge in [0.15, 0.2) is 6.61 Å². The molecule has 0 aromatic heterocycles. The predicted molar refractivity (Wildman–Crippen MR) is 87.6 cm³/mol. The Morgan fingerprint density at radius 1 is 1.17 bits per heavy atom. The molecule has 2 N–H and O–H groups in total. The van der Waals surface area contributed by atoms with Crippen LogP contribution >= 0.6 is 0 Å². The van der Waals surface area contributed by atoms with E-state index >= 15 is 0 Å². The van der Waals surface area contributed by atoms with Crippen LogP contribution in [0.25, 0.3) is 0 Å². The molecule has 1 saturated carbocycles. The minimum atomic E-state index is -0.733. The monoisotopic (exact) mass is 319 g/mol. The van der Waals surface area contributed by atoms with E-state index < -0.39 is 5.97 Å². The van der Waals surface area contributed by atoms with Gasteiger partial charge in [-0.15, -0.1) is 0 Å². The third-order valence-corrected chi connectivity index (χ3v) is 4.36. The van der Waals surface area contributed by atoms with E-state index in [1.807, 2.05) is 24.3 Å². The summed E-state index contributed by atoms with van der Waals surface area (Å²) in [7, 11) is 0. The van der Waals surface area contributed by atoms with Crippen LogP contribution in [-0.2, 0) is 9.59 Å². The van der Waals surface area contributed by atoms with Gasteiger partial charge in [-0.05, 0) is 49.3 Å². The third kappa shape index (κ3) is 5.27. The average Bonchev–Trinajstić information content (AvgIpc) is 2.54. The highest BCUT2D eigenvalue weighted by molar-refractivity contribution is 5.78. The molecule has 1 aromatic rings. The molecular weight excluding hydrogens is 294 g/mol. The Kier molecular flexibility index (Phi) is 6.02. The number of carboxylic acid groups (broad SMARTS) is 1. The molecule has 23 heavy (non-hydrogen) atoms. The summed E-state index contributed by atoms with van der Waals surface area (Å²) in [6.07, 6.45) is 2.67. The molecule has 0 bridgehead atoms. The Balaban J connectivity index is 1.72. The lowest BCUT2D eigenvalue weighted by Crippen LogP contribution is -2.40. The van der Waals surface area contributed by atoms with Crippen molar-refractivity contribution in [2.24, 2.45) is 5.92 Å². The number of carboxylic acids is 1. The topological polar surface area (TPSA) is 75.6 Å². The van der Waals surface area contributed by atoms with Gasteiger partial charge in [-0.3, -0.25) is 9.59 Å². The Morgan fingerprint density at radius 2 is 1.78 bits per heavy atom. The fourth-order valence-corrected chi connectivity index (χ4v) is 2.85. The maximum absolute atomic E-state index is 11.9. The van der Waals surface area contributed by atoms with Crippen LogP contribution in [0, 0.1) is 5.92 Å².